The predicted molar refractivity (Wildman–Crippen MR) is 92.3 cm³/mol. The molecular formula is C17H18N4OS. The first-order chi connectivity index (χ1) is 11.3. The van der Waals surface area contributed by atoms with Crippen LogP contribution in [0.5, 0.6) is 0 Å². The summed E-state index contributed by atoms with van der Waals surface area (Å²) in [5, 5.41) is 14.8. The van der Waals surface area contributed by atoms with E-state index >= 15 is 0 Å². The summed E-state index contributed by atoms with van der Waals surface area (Å²) in [5.41, 5.74) is 3.53. The van der Waals surface area contributed by atoms with Gasteiger partial charge in [-0.15, -0.1) is 0 Å². The Kier molecular flexibility index (Phi) is 4.58. The van der Waals surface area contributed by atoms with E-state index in [1.54, 1.807) is 6.20 Å². The molecule has 3 aromatic rings. The third kappa shape index (κ3) is 3.20. The number of anilines is 1. The summed E-state index contributed by atoms with van der Waals surface area (Å²) >= 11 is 1.39. The predicted octanol–water partition coefficient (Wildman–Crippen LogP) is 5.05. The number of nitrogens with one attached hydrogen (secondary N) is 2. The van der Waals surface area contributed by atoms with E-state index in [4.69, 9.17) is 9.78 Å². The van der Waals surface area contributed by atoms with Crippen LogP contribution >= 0.6 is 11.9 Å². The molecule has 118 valence electrons. The zero-order valence-electron chi connectivity index (χ0n) is 13.1. The average Bonchev–Trinajstić information content (AvgIpc) is 3.20. The van der Waals surface area contributed by atoms with Gasteiger partial charge in [0.15, 0.2) is 0 Å². The zero-order valence-corrected chi connectivity index (χ0v) is 13.9. The van der Waals surface area contributed by atoms with Crippen molar-refractivity contribution in [3.63, 3.8) is 0 Å². The zero-order chi connectivity index (χ0) is 16.2. The second-order valence-corrected chi connectivity index (χ2v) is 5.90. The Morgan fingerprint density at radius 3 is 2.96 bits per heavy atom. The molecule has 5 nitrogen and oxygen atoms in total. The van der Waals surface area contributed by atoms with Crippen molar-refractivity contribution in [2.45, 2.75) is 37.7 Å². The van der Waals surface area contributed by atoms with E-state index in [9.17, 15) is 0 Å². The number of nitrogens with zero attached hydrogens (tertiary/aromatic N) is 2. The molecule has 0 unspecified atom stereocenters. The van der Waals surface area contributed by atoms with Gasteiger partial charge in [0, 0.05) is 35.5 Å². The molecule has 0 radical (unpaired) electrons. The highest BCUT2D eigenvalue weighted by molar-refractivity contribution is 8.00. The molecule has 0 bridgehead atoms. The molecule has 0 atom stereocenters. The summed E-state index contributed by atoms with van der Waals surface area (Å²) in [6.45, 7) is 4.00. The van der Waals surface area contributed by atoms with Crippen LogP contribution in [0.3, 0.4) is 0 Å². The molecule has 6 heteroatoms. The minimum absolute atomic E-state index is 0.591. The first-order valence-electron chi connectivity index (χ1n) is 7.75. The number of H-pyrrole nitrogens is 1. The minimum atomic E-state index is 0.591. The van der Waals surface area contributed by atoms with Crippen LogP contribution in [0.25, 0.3) is 10.9 Å². The topological polar surface area (TPSA) is 77.6 Å². The summed E-state index contributed by atoms with van der Waals surface area (Å²) in [7, 11) is 0. The summed E-state index contributed by atoms with van der Waals surface area (Å²) in [4.78, 5) is 3.13. The van der Waals surface area contributed by atoms with Gasteiger partial charge in [-0.2, -0.15) is 5.26 Å². The van der Waals surface area contributed by atoms with Gasteiger partial charge in [0.25, 0.3) is 0 Å². The highest BCUT2D eigenvalue weighted by atomic mass is 32.2. The van der Waals surface area contributed by atoms with E-state index < -0.39 is 0 Å². The van der Waals surface area contributed by atoms with Crippen LogP contribution in [-0.4, -0.2) is 10.1 Å². The maximum Gasteiger partial charge on any atom is 0.213 e. The van der Waals surface area contributed by atoms with Gasteiger partial charge in [0.05, 0.1) is 22.5 Å². The lowest BCUT2D eigenvalue weighted by atomic mass is 10.2. The van der Waals surface area contributed by atoms with Gasteiger partial charge in [-0.1, -0.05) is 31.1 Å². The van der Waals surface area contributed by atoms with Crippen molar-refractivity contribution >= 4 is 28.5 Å². The van der Waals surface area contributed by atoms with E-state index in [1.807, 2.05) is 38.1 Å². The molecule has 2 aromatic heterocycles. The maximum atomic E-state index is 9.07. The number of nitriles is 1. The summed E-state index contributed by atoms with van der Waals surface area (Å²) in [6.07, 6.45) is 4.14. The van der Waals surface area contributed by atoms with Crippen LogP contribution in [0, 0.1) is 11.3 Å². The molecule has 0 saturated heterocycles. The van der Waals surface area contributed by atoms with E-state index in [0.29, 0.717) is 11.5 Å². The monoisotopic (exact) mass is 326 g/mol. The van der Waals surface area contributed by atoms with Crippen molar-refractivity contribution in [1.29, 1.82) is 5.26 Å². The fourth-order valence-corrected chi connectivity index (χ4v) is 2.96. The molecular weight excluding hydrogens is 308 g/mol. The van der Waals surface area contributed by atoms with Gasteiger partial charge in [-0.25, -0.2) is 0 Å². The van der Waals surface area contributed by atoms with Crippen molar-refractivity contribution in [2.75, 3.05) is 4.72 Å². The number of fused-ring (bicyclic) bond motifs is 1. The lowest BCUT2D eigenvalue weighted by Crippen LogP contribution is -1.87. The van der Waals surface area contributed by atoms with Crippen LogP contribution in [0.15, 0.2) is 40.1 Å². The lowest BCUT2D eigenvalue weighted by Gasteiger charge is -2.04. The standard InChI is InChI=1S/C15H12N4OS.C2H6/c16-7-10-8-17-15-11(10)2-1-3-12(15)19-21-14-6-13(18-20-14)9-4-5-9;1-2/h1-3,6,8-9,17,19H,4-5H2;1-2H3. The van der Waals surface area contributed by atoms with E-state index in [0.717, 1.165) is 27.4 Å². The molecule has 1 aliphatic carbocycles. The highest BCUT2D eigenvalue weighted by Crippen LogP contribution is 2.40. The van der Waals surface area contributed by atoms with Crippen molar-refractivity contribution in [1.82, 2.24) is 10.1 Å². The van der Waals surface area contributed by atoms with Gasteiger partial charge in [-0.3, -0.25) is 0 Å². The second-order valence-electron chi connectivity index (χ2n) is 5.09. The van der Waals surface area contributed by atoms with Crippen LogP contribution in [-0.2, 0) is 0 Å². The number of hydrogen-bond acceptors (Lipinski definition) is 5. The van der Waals surface area contributed by atoms with Crippen molar-refractivity contribution in [2.24, 2.45) is 0 Å². The molecule has 2 N–H and O–H groups in total. The summed E-state index contributed by atoms with van der Waals surface area (Å²) in [6, 6.07) is 9.99. The second kappa shape index (κ2) is 6.80. The highest BCUT2D eigenvalue weighted by Gasteiger charge is 2.27. The van der Waals surface area contributed by atoms with E-state index in [-0.39, 0.29) is 0 Å². The van der Waals surface area contributed by atoms with Crippen molar-refractivity contribution in [3.05, 3.63) is 41.7 Å². The van der Waals surface area contributed by atoms with Crippen LogP contribution in [0.4, 0.5) is 5.69 Å². The van der Waals surface area contributed by atoms with Gasteiger partial charge in [0.2, 0.25) is 5.09 Å². The Morgan fingerprint density at radius 1 is 1.39 bits per heavy atom. The normalized spacial score (nSPS) is 13.3. The molecule has 1 saturated carbocycles. The average molecular weight is 326 g/mol. The smallest absolute Gasteiger partial charge is 0.213 e. The van der Waals surface area contributed by atoms with Gasteiger partial charge >= 0.3 is 0 Å². The van der Waals surface area contributed by atoms with Crippen LogP contribution in [0.2, 0.25) is 0 Å². The number of hydrogen-bond donors (Lipinski definition) is 2. The molecule has 0 aliphatic heterocycles. The number of rotatable bonds is 4. The van der Waals surface area contributed by atoms with Crippen molar-refractivity contribution in [3.8, 4) is 6.07 Å². The quantitative estimate of drug-likeness (QED) is 0.656. The summed E-state index contributed by atoms with van der Waals surface area (Å²) < 4.78 is 8.57. The maximum absolute atomic E-state index is 9.07. The fraction of sp³-hybridized carbons (Fsp3) is 0.294. The first kappa shape index (κ1) is 15.5. The molecule has 1 aromatic carbocycles. The lowest BCUT2D eigenvalue weighted by molar-refractivity contribution is 0.345. The molecule has 0 amide bonds. The number of benzene rings is 1. The Morgan fingerprint density at radius 2 is 2.22 bits per heavy atom. The SMILES string of the molecule is CC.N#Cc1c[nH]c2c(NSc3cc(C4CC4)no3)cccc12. The molecule has 1 fully saturated rings. The Labute approximate surface area is 139 Å². The Balaban J connectivity index is 0.000000753. The molecule has 23 heavy (non-hydrogen) atoms. The fourth-order valence-electron chi connectivity index (χ4n) is 2.33. The first-order valence-corrected chi connectivity index (χ1v) is 8.56. The molecule has 0 spiro atoms. The van der Waals surface area contributed by atoms with E-state index in [2.05, 4.69) is 20.9 Å². The van der Waals surface area contributed by atoms with E-state index in [1.165, 1.54) is 24.8 Å². The Bertz CT molecular complexity index is 842. The Hall–Kier alpha value is -2.39. The van der Waals surface area contributed by atoms with Crippen LogP contribution < -0.4 is 4.72 Å². The van der Waals surface area contributed by atoms with Crippen molar-refractivity contribution < 1.29 is 4.52 Å². The van der Waals surface area contributed by atoms with Gasteiger partial charge < -0.3 is 14.2 Å². The largest absolute Gasteiger partial charge is 0.358 e. The van der Waals surface area contributed by atoms with Gasteiger partial charge in [-0.05, 0) is 18.9 Å². The third-order valence-electron chi connectivity index (χ3n) is 3.60. The molecule has 4 rings (SSSR count). The van der Waals surface area contributed by atoms with Crippen LogP contribution in [0.1, 0.15) is 43.9 Å². The third-order valence-corrected chi connectivity index (χ3v) is 4.32. The summed E-state index contributed by atoms with van der Waals surface area (Å²) in [5.74, 6) is 0.591. The number of aromatic amines is 1. The minimum Gasteiger partial charge on any atom is -0.358 e. The number of para-hydroxylation sites is 1. The van der Waals surface area contributed by atoms with Gasteiger partial charge in [0.1, 0.15) is 6.07 Å². The molecule has 1 aliphatic rings. The molecule has 2 heterocycles. The number of aromatic nitrogens is 2.